The van der Waals surface area contributed by atoms with Gasteiger partial charge in [0.1, 0.15) is 12.8 Å². The van der Waals surface area contributed by atoms with Gasteiger partial charge in [-0.15, -0.1) is 11.6 Å². The van der Waals surface area contributed by atoms with E-state index in [1.54, 1.807) is 0 Å². The van der Waals surface area contributed by atoms with Crippen LogP contribution in [-0.4, -0.2) is 74.0 Å². The van der Waals surface area contributed by atoms with Crippen molar-refractivity contribution in [1.82, 2.24) is 16.0 Å². The first-order chi connectivity index (χ1) is 15.8. The Morgan fingerprint density at radius 1 is 1.03 bits per heavy atom. The standard InChI is InChI=1S/C22H35ClF3N3O4/c23-18-8-7-16(9-19(18)24)32-12-20(30)29-14-3-1-13(2-4-14)21(31)28-10-15-5-6-17(11-27-15)33-22(25)26/h13-19,22,27H,1-12H2,(H,28,31)(H,29,30). The van der Waals surface area contributed by atoms with E-state index in [-0.39, 0.29) is 48.9 Å². The average molecular weight is 498 g/mol. The number of hydrogen-bond donors (Lipinski definition) is 3. The third-order valence-corrected chi connectivity index (χ3v) is 7.34. The van der Waals surface area contributed by atoms with Gasteiger partial charge in [-0.25, -0.2) is 4.39 Å². The Balaban J connectivity index is 1.26. The van der Waals surface area contributed by atoms with Gasteiger partial charge < -0.3 is 25.4 Å². The summed E-state index contributed by atoms with van der Waals surface area (Å²) in [4.78, 5) is 24.7. The molecule has 33 heavy (non-hydrogen) atoms. The molecule has 0 radical (unpaired) electrons. The maximum Gasteiger partial charge on any atom is 0.345 e. The highest BCUT2D eigenvalue weighted by molar-refractivity contribution is 6.21. The van der Waals surface area contributed by atoms with Crippen molar-refractivity contribution in [3.05, 3.63) is 0 Å². The molecular formula is C22H35ClF3N3O4. The molecular weight excluding hydrogens is 463 g/mol. The second-order valence-corrected chi connectivity index (χ2v) is 9.90. The van der Waals surface area contributed by atoms with Crippen LogP contribution in [0.3, 0.4) is 0 Å². The van der Waals surface area contributed by atoms with Crippen LogP contribution in [0.2, 0.25) is 0 Å². The SMILES string of the molecule is O=C(COC1CCC(Cl)C(F)C1)NC1CCC(C(=O)NCC2CCC(OC(F)F)CN2)CC1. The van der Waals surface area contributed by atoms with Crippen molar-refractivity contribution < 1.29 is 32.2 Å². The van der Waals surface area contributed by atoms with Crippen molar-refractivity contribution in [2.45, 2.75) is 100 Å². The lowest BCUT2D eigenvalue weighted by atomic mass is 9.85. The van der Waals surface area contributed by atoms with Gasteiger partial charge in [-0.2, -0.15) is 8.78 Å². The third-order valence-electron chi connectivity index (χ3n) is 6.85. The normalized spacial score (nSPS) is 35.2. The van der Waals surface area contributed by atoms with Gasteiger partial charge in [0.2, 0.25) is 11.8 Å². The number of nitrogens with one attached hydrogen (secondary N) is 3. The molecule has 5 unspecified atom stereocenters. The van der Waals surface area contributed by atoms with Crippen molar-refractivity contribution in [3.8, 4) is 0 Å². The highest BCUT2D eigenvalue weighted by atomic mass is 35.5. The van der Waals surface area contributed by atoms with Crippen molar-refractivity contribution in [2.24, 2.45) is 5.92 Å². The topological polar surface area (TPSA) is 88.7 Å². The fourth-order valence-corrected chi connectivity index (χ4v) is 5.08. The van der Waals surface area contributed by atoms with Crippen LogP contribution in [0.15, 0.2) is 0 Å². The van der Waals surface area contributed by atoms with Gasteiger partial charge in [-0.05, 0) is 51.4 Å². The maximum absolute atomic E-state index is 13.7. The summed E-state index contributed by atoms with van der Waals surface area (Å²) < 4.78 is 48.3. The summed E-state index contributed by atoms with van der Waals surface area (Å²) in [5.74, 6) is -0.324. The number of ether oxygens (including phenoxy) is 2. The fraction of sp³-hybridized carbons (Fsp3) is 0.909. The molecule has 0 bridgehead atoms. The van der Waals surface area contributed by atoms with Crippen LogP contribution in [0.25, 0.3) is 0 Å². The molecule has 0 aromatic rings. The first kappa shape index (κ1) is 26.5. The lowest BCUT2D eigenvalue weighted by Crippen LogP contribution is -2.49. The van der Waals surface area contributed by atoms with Crippen LogP contribution in [0.1, 0.15) is 57.8 Å². The molecule has 2 saturated carbocycles. The fourth-order valence-electron chi connectivity index (χ4n) is 4.85. The van der Waals surface area contributed by atoms with E-state index in [0.29, 0.717) is 64.5 Å². The number of amides is 2. The number of hydrogen-bond acceptors (Lipinski definition) is 5. The molecule has 190 valence electrons. The first-order valence-corrected chi connectivity index (χ1v) is 12.4. The molecule has 3 rings (SSSR count). The van der Waals surface area contributed by atoms with Crippen LogP contribution in [0.5, 0.6) is 0 Å². The summed E-state index contributed by atoms with van der Waals surface area (Å²) in [6, 6.07) is 0.0543. The van der Waals surface area contributed by atoms with E-state index >= 15 is 0 Å². The molecule has 0 aromatic carbocycles. The number of carbonyl (C=O) groups is 2. The van der Waals surface area contributed by atoms with Crippen molar-refractivity contribution in [2.75, 3.05) is 19.7 Å². The molecule has 2 aliphatic carbocycles. The van der Waals surface area contributed by atoms with E-state index in [9.17, 15) is 22.8 Å². The lowest BCUT2D eigenvalue weighted by Gasteiger charge is -2.31. The molecule has 0 aromatic heterocycles. The first-order valence-electron chi connectivity index (χ1n) is 11.9. The second-order valence-electron chi connectivity index (χ2n) is 9.34. The van der Waals surface area contributed by atoms with Crippen LogP contribution < -0.4 is 16.0 Å². The maximum atomic E-state index is 13.7. The molecule has 3 N–H and O–H groups in total. The molecule has 2 amide bonds. The van der Waals surface area contributed by atoms with Gasteiger partial charge in [0, 0.05) is 37.5 Å². The number of halogens is 4. The van der Waals surface area contributed by atoms with Crippen molar-refractivity contribution in [3.63, 3.8) is 0 Å². The molecule has 11 heteroatoms. The van der Waals surface area contributed by atoms with E-state index < -0.39 is 24.3 Å². The van der Waals surface area contributed by atoms with E-state index in [4.69, 9.17) is 16.3 Å². The van der Waals surface area contributed by atoms with Crippen LogP contribution >= 0.6 is 11.6 Å². The zero-order valence-electron chi connectivity index (χ0n) is 18.7. The highest BCUT2D eigenvalue weighted by Gasteiger charge is 2.31. The van der Waals surface area contributed by atoms with Crippen LogP contribution in [0.4, 0.5) is 13.2 Å². The minimum absolute atomic E-state index is 0.00410. The highest BCUT2D eigenvalue weighted by Crippen LogP contribution is 2.28. The third kappa shape index (κ3) is 8.88. The molecule has 3 fully saturated rings. The predicted molar refractivity (Wildman–Crippen MR) is 117 cm³/mol. The van der Waals surface area contributed by atoms with E-state index in [1.807, 2.05) is 0 Å². The summed E-state index contributed by atoms with van der Waals surface area (Å²) in [6.45, 7) is -2.05. The van der Waals surface area contributed by atoms with Crippen LogP contribution in [0, 0.1) is 5.92 Å². The van der Waals surface area contributed by atoms with Crippen molar-refractivity contribution >= 4 is 23.4 Å². The van der Waals surface area contributed by atoms with E-state index in [2.05, 4.69) is 20.7 Å². The Morgan fingerprint density at radius 3 is 2.39 bits per heavy atom. The summed E-state index contributed by atoms with van der Waals surface area (Å²) in [7, 11) is 0. The minimum Gasteiger partial charge on any atom is -0.368 e. The Labute approximate surface area is 197 Å². The molecule has 3 aliphatic rings. The summed E-state index contributed by atoms with van der Waals surface area (Å²) in [6.07, 6.45) is 3.55. The van der Waals surface area contributed by atoms with Gasteiger partial charge in [-0.1, -0.05) is 0 Å². The monoisotopic (exact) mass is 497 g/mol. The van der Waals surface area contributed by atoms with Gasteiger partial charge in [0.25, 0.3) is 0 Å². The van der Waals surface area contributed by atoms with Gasteiger partial charge in [-0.3, -0.25) is 9.59 Å². The van der Waals surface area contributed by atoms with Crippen LogP contribution in [-0.2, 0) is 19.1 Å². The largest absolute Gasteiger partial charge is 0.368 e. The predicted octanol–water partition coefficient (Wildman–Crippen LogP) is 2.65. The smallest absolute Gasteiger partial charge is 0.345 e. The Hall–Kier alpha value is -1.10. The molecule has 0 spiro atoms. The van der Waals surface area contributed by atoms with E-state index in [1.165, 1.54) is 0 Å². The molecule has 7 nitrogen and oxygen atoms in total. The minimum atomic E-state index is -2.76. The van der Waals surface area contributed by atoms with Crippen molar-refractivity contribution in [1.29, 1.82) is 0 Å². The Bertz CT molecular complexity index is 632. The Kier molecular flexibility index (Phi) is 10.5. The van der Waals surface area contributed by atoms with Gasteiger partial charge >= 0.3 is 6.61 Å². The lowest BCUT2D eigenvalue weighted by molar-refractivity contribution is -0.167. The zero-order chi connectivity index (χ0) is 23.8. The number of alkyl halides is 4. The molecule has 5 atom stereocenters. The van der Waals surface area contributed by atoms with Gasteiger partial charge in [0.15, 0.2) is 0 Å². The quantitative estimate of drug-likeness (QED) is 0.426. The van der Waals surface area contributed by atoms with Gasteiger partial charge in [0.05, 0.1) is 17.6 Å². The summed E-state index contributed by atoms with van der Waals surface area (Å²) >= 11 is 5.87. The molecule has 1 saturated heterocycles. The summed E-state index contributed by atoms with van der Waals surface area (Å²) in [5, 5.41) is 8.58. The average Bonchev–Trinajstić information content (AvgIpc) is 2.79. The number of rotatable bonds is 9. The molecule has 1 aliphatic heterocycles. The number of carbonyl (C=O) groups excluding carboxylic acids is 2. The summed E-state index contributed by atoms with van der Waals surface area (Å²) in [5.41, 5.74) is 0. The van der Waals surface area contributed by atoms with E-state index in [0.717, 1.165) is 0 Å². The second kappa shape index (κ2) is 13.1. The zero-order valence-corrected chi connectivity index (χ0v) is 19.5. The molecule has 1 heterocycles. The number of piperidine rings is 1. The Morgan fingerprint density at radius 2 is 1.76 bits per heavy atom.